The lowest BCUT2D eigenvalue weighted by atomic mass is 10.2. The Bertz CT molecular complexity index is 586. The first kappa shape index (κ1) is 16.4. The van der Waals surface area contributed by atoms with Crippen molar-refractivity contribution in [3.63, 3.8) is 0 Å². The van der Waals surface area contributed by atoms with Crippen LogP contribution < -0.4 is 10.0 Å². The van der Waals surface area contributed by atoms with Crippen molar-refractivity contribution >= 4 is 21.4 Å². The van der Waals surface area contributed by atoms with Gasteiger partial charge in [-0.3, -0.25) is 10.1 Å². The summed E-state index contributed by atoms with van der Waals surface area (Å²) in [6, 6.07) is 3.44. The number of hydrogen-bond acceptors (Lipinski definition) is 5. The summed E-state index contributed by atoms with van der Waals surface area (Å²) in [5.74, 6) is 0. The van der Waals surface area contributed by atoms with Crippen molar-refractivity contribution in [2.75, 3.05) is 12.4 Å². The van der Waals surface area contributed by atoms with Crippen LogP contribution in [0.1, 0.15) is 26.7 Å². The van der Waals surface area contributed by atoms with Crippen LogP contribution in [0.3, 0.4) is 0 Å². The number of nitrogens with one attached hydrogen (secondary N) is 2. The lowest BCUT2D eigenvalue weighted by Gasteiger charge is -2.15. The summed E-state index contributed by atoms with van der Waals surface area (Å²) < 4.78 is 27.1. The number of nitro groups is 1. The third kappa shape index (κ3) is 3.91. The monoisotopic (exact) mass is 301 g/mol. The van der Waals surface area contributed by atoms with Gasteiger partial charge in [0, 0.05) is 25.2 Å². The summed E-state index contributed by atoms with van der Waals surface area (Å²) in [6.07, 6.45) is 1.59. The number of benzene rings is 1. The molecule has 1 aromatic rings. The van der Waals surface area contributed by atoms with Crippen molar-refractivity contribution in [1.29, 1.82) is 0 Å². The molecule has 0 heterocycles. The summed E-state index contributed by atoms with van der Waals surface area (Å²) in [7, 11) is -2.18. The van der Waals surface area contributed by atoms with Gasteiger partial charge < -0.3 is 5.32 Å². The van der Waals surface area contributed by atoms with Crippen LogP contribution in [-0.2, 0) is 10.0 Å². The predicted octanol–water partition coefficient (Wildman–Crippen LogP) is 2.10. The molecule has 112 valence electrons. The molecule has 0 saturated heterocycles. The Kier molecular flexibility index (Phi) is 5.46. The fraction of sp³-hybridized carbons (Fsp3) is 0.500. The minimum atomic E-state index is -3.70. The molecule has 0 amide bonds. The maximum atomic E-state index is 12.3. The largest absolute Gasteiger partial charge is 0.387 e. The highest BCUT2D eigenvalue weighted by Crippen LogP contribution is 2.26. The molecule has 1 unspecified atom stereocenters. The summed E-state index contributed by atoms with van der Waals surface area (Å²) >= 11 is 0. The summed E-state index contributed by atoms with van der Waals surface area (Å²) in [5.41, 5.74) is 0.0466. The van der Waals surface area contributed by atoms with Gasteiger partial charge in [-0.25, -0.2) is 13.1 Å². The Hall–Kier alpha value is -1.67. The molecule has 1 rings (SSSR count). The van der Waals surface area contributed by atoms with E-state index in [0.29, 0.717) is 0 Å². The smallest absolute Gasteiger partial charge is 0.271 e. The molecule has 0 aliphatic rings. The van der Waals surface area contributed by atoms with E-state index >= 15 is 0 Å². The van der Waals surface area contributed by atoms with E-state index in [1.807, 2.05) is 6.92 Å². The number of sulfonamides is 1. The van der Waals surface area contributed by atoms with Crippen LogP contribution in [0.25, 0.3) is 0 Å². The van der Waals surface area contributed by atoms with Crippen molar-refractivity contribution in [1.82, 2.24) is 4.72 Å². The van der Waals surface area contributed by atoms with E-state index in [1.54, 1.807) is 6.92 Å². The fourth-order valence-corrected chi connectivity index (χ4v) is 3.35. The van der Waals surface area contributed by atoms with Crippen molar-refractivity contribution in [3.05, 3.63) is 28.3 Å². The second-order valence-electron chi connectivity index (χ2n) is 4.50. The maximum absolute atomic E-state index is 12.3. The van der Waals surface area contributed by atoms with Gasteiger partial charge in [0.1, 0.15) is 4.90 Å². The van der Waals surface area contributed by atoms with Crippen LogP contribution in [0, 0.1) is 10.1 Å². The summed E-state index contributed by atoms with van der Waals surface area (Å²) in [5, 5.41) is 13.4. The van der Waals surface area contributed by atoms with Gasteiger partial charge in [-0.1, -0.05) is 13.3 Å². The number of rotatable bonds is 7. The Morgan fingerprint density at radius 1 is 1.40 bits per heavy atom. The molecule has 1 atom stereocenters. The first-order valence-electron chi connectivity index (χ1n) is 6.30. The molecule has 8 heteroatoms. The standard InChI is InChI=1S/C12H19N3O4S/c1-4-5-9(2)14-20(18,19)12-7-6-10(15(16)17)8-11(12)13-3/h6-9,13-14H,4-5H2,1-3H3. The second kappa shape index (κ2) is 6.67. The molecule has 2 N–H and O–H groups in total. The predicted molar refractivity (Wildman–Crippen MR) is 77.3 cm³/mol. The van der Waals surface area contributed by atoms with E-state index in [2.05, 4.69) is 10.0 Å². The van der Waals surface area contributed by atoms with Crippen molar-refractivity contribution in [2.24, 2.45) is 0 Å². The van der Waals surface area contributed by atoms with E-state index in [-0.39, 0.29) is 22.3 Å². The summed E-state index contributed by atoms with van der Waals surface area (Å²) in [4.78, 5) is 10.1. The molecule has 7 nitrogen and oxygen atoms in total. The average Bonchev–Trinajstić information content (AvgIpc) is 2.37. The Labute approximate surface area is 118 Å². The highest BCUT2D eigenvalue weighted by molar-refractivity contribution is 7.89. The molecule has 0 aromatic heterocycles. The topological polar surface area (TPSA) is 101 Å². The third-order valence-corrected chi connectivity index (χ3v) is 4.46. The molecule has 0 aliphatic carbocycles. The molecule has 0 fully saturated rings. The van der Waals surface area contributed by atoms with Crippen molar-refractivity contribution < 1.29 is 13.3 Å². The zero-order valence-corrected chi connectivity index (χ0v) is 12.5. The molecule has 20 heavy (non-hydrogen) atoms. The van der Waals surface area contributed by atoms with Crippen LogP contribution in [0.5, 0.6) is 0 Å². The third-order valence-electron chi connectivity index (χ3n) is 2.81. The SMILES string of the molecule is CCCC(C)NS(=O)(=O)c1ccc([N+](=O)[O-])cc1NC. The van der Waals surface area contributed by atoms with Crippen LogP contribution in [-0.4, -0.2) is 26.4 Å². The van der Waals surface area contributed by atoms with Crippen LogP contribution in [0.15, 0.2) is 23.1 Å². The maximum Gasteiger partial charge on any atom is 0.271 e. The molecule has 0 aliphatic heterocycles. The first-order valence-corrected chi connectivity index (χ1v) is 7.78. The average molecular weight is 301 g/mol. The van der Waals surface area contributed by atoms with Gasteiger partial charge in [0.05, 0.1) is 10.6 Å². The van der Waals surface area contributed by atoms with E-state index in [4.69, 9.17) is 0 Å². The van der Waals surface area contributed by atoms with Crippen LogP contribution in [0.4, 0.5) is 11.4 Å². The molecule has 0 bridgehead atoms. The number of nitro benzene ring substituents is 1. The van der Waals surface area contributed by atoms with Crippen molar-refractivity contribution in [2.45, 2.75) is 37.6 Å². The minimum Gasteiger partial charge on any atom is -0.387 e. The molecule has 0 radical (unpaired) electrons. The van der Waals surface area contributed by atoms with E-state index in [0.717, 1.165) is 12.8 Å². The lowest BCUT2D eigenvalue weighted by molar-refractivity contribution is -0.384. The molecule has 0 spiro atoms. The van der Waals surface area contributed by atoms with Gasteiger partial charge in [-0.05, 0) is 19.4 Å². The first-order chi connectivity index (χ1) is 9.31. The molecular formula is C12H19N3O4S. The zero-order chi connectivity index (χ0) is 15.3. The van der Waals surface area contributed by atoms with Crippen LogP contribution >= 0.6 is 0 Å². The van der Waals surface area contributed by atoms with Gasteiger partial charge in [-0.2, -0.15) is 0 Å². The van der Waals surface area contributed by atoms with Gasteiger partial charge in [0.25, 0.3) is 5.69 Å². The number of nitrogens with zero attached hydrogens (tertiary/aromatic N) is 1. The number of anilines is 1. The Balaban J connectivity index is 3.15. The molecule has 1 aromatic carbocycles. The quantitative estimate of drug-likeness (QED) is 0.593. The number of non-ortho nitro benzene ring substituents is 1. The Morgan fingerprint density at radius 3 is 2.55 bits per heavy atom. The molecule has 0 saturated carbocycles. The van der Waals surface area contributed by atoms with Crippen molar-refractivity contribution in [3.8, 4) is 0 Å². The fourth-order valence-electron chi connectivity index (χ4n) is 1.88. The lowest BCUT2D eigenvalue weighted by Crippen LogP contribution is -2.32. The van der Waals surface area contributed by atoms with Gasteiger partial charge in [0.15, 0.2) is 0 Å². The van der Waals surface area contributed by atoms with Crippen LogP contribution in [0.2, 0.25) is 0 Å². The van der Waals surface area contributed by atoms with E-state index in [1.165, 1.54) is 25.2 Å². The second-order valence-corrected chi connectivity index (χ2v) is 6.18. The highest BCUT2D eigenvalue weighted by Gasteiger charge is 2.22. The summed E-state index contributed by atoms with van der Waals surface area (Å²) in [6.45, 7) is 3.75. The number of hydrogen-bond donors (Lipinski definition) is 2. The zero-order valence-electron chi connectivity index (χ0n) is 11.7. The highest BCUT2D eigenvalue weighted by atomic mass is 32.2. The van der Waals surface area contributed by atoms with E-state index in [9.17, 15) is 18.5 Å². The minimum absolute atomic E-state index is 0.00792. The van der Waals surface area contributed by atoms with Gasteiger partial charge >= 0.3 is 0 Å². The van der Waals surface area contributed by atoms with E-state index < -0.39 is 14.9 Å². The van der Waals surface area contributed by atoms with Gasteiger partial charge in [-0.15, -0.1) is 0 Å². The molecular weight excluding hydrogens is 282 g/mol. The van der Waals surface area contributed by atoms with Gasteiger partial charge in [0.2, 0.25) is 10.0 Å². The normalized spacial score (nSPS) is 12.9. The Morgan fingerprint density at radius 2 is 2.05 bits per heavy atom.